The van der Waals surface area contributed by atoms with Gasteiger partial charge < -0.3 is 31.8 Å². The minimum Gasteiger partial charge on any atom is -0.480 e. The van der Waals surface area contributed by atoms with Crippen molar-refractivity contribution < 1.29 is 24.3 Å². The first kappa shape index (κ1) is 27.8. The Hall–Kier alpha value is -3.40. The van der Waals surface area contributed by atoms with Crippen LogP contribution in [-0.2, 0) is 25.6 Å². The van der Waals surface area contributed by atoms with Crippen LogP contribution in [-0.4, -0.2) is 58.5 Å². The van der Waals surface area contributed by atoms with E-state index < -0.39 is 48.4 Å². The molecule has 192 valence electrons. The third-order valence-electron chi connectivity index (χ3n) is 5.56. The van der Waals surface area contributed by atoms with E-state index in [1.165, 1.54) is 0 Å². The standard InChI is InChI=1S/C25H37N5O5/c1-14(2)9-20(24(33)28-13-22(31)29-21(25(34)35)10-15(3)4)30-23(32)18(26)11-16-12-27-19-8-6-5-7-17(16)19/h5-8,12,14-15,18,20-21,27H,9-11,13,26H2,1-4H3,(H,28,33)(H,29,31)(H,30,32)(H,34,35). The van der Waals surface area contributed by atoms with Crippen LogP contribution in [0.4, 0.5) is 0 Å². The molecule has 0 radical (unpaired) electrons. The van der Waals surface area contributed by atoms with Crippen LogP contribution >= 0.6 is 0 Å². The number of benzene rings is 1. The summed E-state index contributed by atoms with van der Waals surface area (Å²) in [6, 6.07) is 4.92. The number of carbonyl (C=O) groups is 4. The predicted octanol–water partition coefficient (Wildman–Crippen LogP) is 1.30. The smallest absolute Gasteiger partial charge is 0.326 e. The van der Waals surface area contributed by atoms with Crippen molar-refractivity contribution in [2.24, 2.45) is 17.6 Å². The summed E-state index contributed by atoms with van der Waals surface area (Å²) in [6.07, 6.45) is 2.73. The molecule has 2 rings (SSSR count). The summed E-state index contributed by atoms with van der Waals surface area (Å²) in [4.78, 5) is 52.3. The number of aliphatic carboxylic acids is 1. The van der Waals surface area contributed by atoms with Crippen molar-refractivity contribution in [2.75, 3.05) is 6.54 Å². The van der Waals surface area contributed by atoms with Gasteiger partial charge in [0.1, 0.15) is 12.1 Å². The summed E-state index contributed by atoms with van der Waals surface area (Å²) in [5, 5.41) is 17.9. The average Bonchev–Trinajstić information content (AvgIpc) is 3.18. The van der Waals surface area contributed by atoms with Crippen molar-refractivity contribution in [1.82, 2.24) is 20.9 Å². The van der Waals surface area contributed by atoms with Crippen LogP contribution in [0.3, 0.4) is 0 Å². The molecular formula is C25H37N5O5. The van der Waals surface area contributed by atoms with Gasteiger partial charge in [0.05, 0.1) is 12.6 Å². The lowest BCUT2D eigenvalue weighted by atomic mass is 10.0. The van der Waals surface area contributed by atoms with Gasteiger partial charge in [0, 0.05) is 17.1 Å². The molecule has 3 atom stereocenters. The molecule has 0 aliphatic carbocycles. The highest BCUT2D eigenvalue weighted by Crippen LogP contribution is 2.19. The second-order valence-electron chi connectivity index (χ2n) is 9.67. The highest BCUT2D eigenvalue weighted by atomic mass is 16.4. The van der Waals surface area contributed by atoms with Crippen molar-refractivity contribution in [1.29, 1.82) is 0 Å². The summed E-state index contributed by atoms with van der Waals surface area (Å²) < 4.78 is 0. The summed E-state index contributed by atoms with van der Waals surface area (Å²) in [6.45, 7) is 7.13. The topological polar surface area (TPSA) is 166 Å². The molecule has 0 fully saturated rings. The van der Waals surface area contributed by atoms with E-state index in [0.717, 1.165) is 16.5 Å². The molecule has 3 unspecified atom stereocenters. The van der Waals surface area contributed by atoms with Crippen molar-refractivity contribution in [3.63, 3.8) is 0 Å². The predicted molar refractivity (Wildman–Crippen MR) is 133 cm³/mol. The summed E-state index contributed by atoms with van der Waals surface area (Å²) >= 11 is 0. The Balaban J connectivity index is 1.95. The fourth-order valence-corrected chi connectivity index (χ4v) is 3.84. The molecule has 0 bridgehead atoms. The molecular weight excluding hydrogens is 450 g/mol. The summed E-state index contributed by atoms with van der Waals surface area (Å²) in [5.41, 5.74) is 8.00. The number of hydrogen-bond acceptors (Lipinski definition) is 5. The van der Waals surface area contributed by atoms with Crippen molar-refractivity contribution in [3.8, 4) is 0 Å². The minimum atomic E-state index is -1.13. The molecule has 10 nitrogen and oxygen atoms in total. The highest BCUT2D eigenvalue weighted by Gasteiger charge is 2.26. The number of rotatable bonds is 13. The molecule has 0 spiro atoms. The molecule has 0 saturated heterocycles. The van der Waals surface area contributed by atoms with E-state index in [1.54, 1.807) is 0 Å². The number of nitrogens with two attached hydrogens (primary N) is 1. The Kier molecular flexibility index (Phi) is 10.3. The van der Waals surface area contributed by atoms with Crippen molar-refractivity contribution >= 4 is 34.6 Å². The van der Waals surface area contributed by atoms with Crippen LogP contribution in [0.2, 0.25) is 0 Å². The molecule has 10 heteroatoms. The van der Waals surface area contributed by atoms with Gasteiger partial charge in [-0.05, 0) is 42.7 Å². The Morgan fingerprint density at radius 2 is 1.57 bits per heavy atom. The first-order valence-electron chi connectivity index (χ1n) is 11.9. The van der Waals surface area contributed by atoms with Crippen LogP contribution in [0, 0.1) is 11.8 Å². The average molecular weight is 488 g/mol. The molecule has 1 aromatic heterocycles. The maximum atomic E-state index is 12.8. The third-order valence-corrected chi connectivity index (χ3v) is 5.56. The van der Waals surface area contributed by atoms with Gasteiger partial charge in [0.2, 0.25) is 17.7 Å². The van der Waals surface area contributed by atoms with Crippen LogP contribution in [0.5, 0.6) is 0 Å². The van der Waals surface area contributed by atoms with Gasteiger partial charge in [-0.15, -0.1) is 0 Å². The van der Waals surface area contributed by atoms with E-state index >= 15 is 0 Å². The highest BCUT2D eigenvalue weighted by molar-refractivity contribution is 5.93. The molecule has 1 aromatic carbocycles. The zero-order chi connectivity index (χ0) is 26.1. The van der Waals surface area contributed by atoms with E-state index in [-0.39, 0.29) is 18.3 Å². The van der Waals surface area contributed by atoms with Gasteiger partial charge in [-0.1, -0.05) is 45.9 Å². The van der Waals surface area contributed by atoms with Crippen LogP contribution in [0.15, 0.2) is 30.5 Å². The zero-order valence-electron chi connectivity index (χ0n) is 20.8. The van der Waals surface area contributed by atoms with E-state index in [9.17, 15) is 24.3 Å². The second kappa shape index (κ2) is 12.9. The largest absolute Gasteiger partial charge is 0.480 e. The molecule has 1 heterocycles. The molecule has 3 amide bonds. The number of aromatic amines is 1. The number of nitrogens with one attached hydrogen (secondary N) is 4. The monoisotopic (exact) mass is 487 g/mol. The third kappa shape index (κ3) is 8.71. The zero-order valence-corrected chi connectivity index (χ0v) is 20.8. The van der Waals surface area contributed by atoms with E-state index in [0.29, 0.717) is 12.8 Å². The number of aromatic nitrogens is 1. The van der Waals surface area contributed by atoms with Crippen LogP contribution in [0.1, 0.15) is 46.1 Å². The number of carboxylic acids is 1. The Bertz CT molecular complexity index is 1030. The van der Waals surface area contributed by atoms with Gasteiger partial charge >= 0.3 is 5.97 Å². The quantitative estimate of drug-likeness (QED) is 0.249. The number of fused-ring (bicyclic) bond motifs is 1. The van der Waals surface area contributed by atoms with E-state index in [1.807, 2.05) is 58.2 Å². The number of amides is 3. The number of H-pyrrole nitrogens is 1. The van der Waals surface area contributed by atoms with Crippen molar-refractivity contribution in [2.45, 2.75) is 65.1 Å². The van der Waals surface area contributed by atoms with Gasteiger partial charge in [-0.2, -0.15) is 0 Å². The second-order valence-corrected chi connectivity index (χ2v) is 9.67. The van der Waals surface area contributed by atoms with Crippen molar-refractivity contribution in [3.05, 3.63) is 36.0 Å². The lowest BCUT2D eigenvalue weighted by Crippen LogP contribution is -2.54. The Morgan fingerprint density at radius 3 is 2.20 bits per heavy atom. The maximum absolute atomic E-state index is 12.8. The number of carbonyl (C=O) groups excluding carboxylic acids is 3. The van der Waals surface area contributed by atoms with E-state index in [2.05, 4.69) is 20.9 Å². The van der Waals surface area contributed by atoms with Gasteiger partial charge in [0.15, 0.2) is 0 Å². The van der Waals surface area contributed by atoms with Gasteiger partial charge in [0.25, 0.3) is 0 Å². The first-order valence-corrected chi connectivity index (χ1v) is 11.9. The summed E-state index contributed by atoms with van der Waals surface area (Å²) in [5.74, 6) is -2.58. The molecule has 2 aromatic rings. The lowest BCUT2D eigenvalue weighted by molar-refractivity contribution is -0.142. The first-order chi connectivity index (χ1) is 16.5. The molecule has 0 aliphatic heterocycles. The lowest BCUT2D eigenvalue weighted by Gasteiger charge is -2.22. The molecule has 35 heavy (non-hydrogen) atoms. The molecule has 0 saturated carbocycles. The van der Waals surface area contributed by atoms with Gasteiger partial charge in [-0.25, -0.2) is 4.79 Å². The molecule has 7 N–H and O–H groups in total. The van der Waals surface area contributed by atoms with Crippen LogP contribution < -0.4 is 21.7 Å². The van der Waals surface area contributed by atoms with E-state index in [4.69, 9.17) is 5.73 Å². The Morgan fingerprint density at radius 1 is 0.943 bits per heavy atom. The fraction of sp³-hybridized carbons (Fsp3) is 0.520. The minimum absolute atomic E-state index is 0.0742. The SMILES string of the molecule is CC(C)CC(NC(=O)CNC(=O)C(CC(C)C)NC(=O)C(N)Cc1c[nH]c2ccccc12)C(=O)O. The van der Waals surface area contributed by atoms with Crippen LogP contribution in [0.25, 0.3) is 10.9 Å². The van der Waals surface area contributed by atoms with Gasteiger partial charge in [-0.3, -0.25) is 14.4 Å². The Labute approximate surface area is 205 Å². The number of para-hydroxylation sites is 1. The number of hydrogen-bond donors (Lipinski definition) is 6. The normalized spacial score (nSPS) is 13.9. The fourth-order valence-electron chi connectivity index (χ4n) is 3.84. The maximum Gasteiger partial charge on any atom is 0.326 e. The molecule has 0 aliphatic rings. The summed E-state index contributed by atoms with van der Waals surface area (Å²) in [7, 11) is 0. The number of carboxylic acid groups (broad SMARTS) is 1.